The number of carbonyl (C=O) groups is 1. The number of piperidine rings is 1. The maximum atomic E-state index is 13.0. The molecule has 1 amide bonds. The first-order valence-corrected chi connectivity index (χ1v) is 10.0. The highest BCUT2D eigenvalue weighted by Crippen LogP contribution is 2.45. The quantitative estimate of drug-likeness (QED) is 0.665. The van der Waals surface area contributed by atoms with E-state index in [1.807, 2.05) is 45.9 Å². The molecule has 1 spiro atoms. The fourth-order valence-corrected chi connectivity index (χ4v) is 4.53. The van der Waals surface area contributed by atoms with Crippen LogP contribution in [0.3, 0.4) is 0 Å². The van der Waals surface area contributed by atoms with E-state index in [1.165, 1.54) is 0 Å². The number of nitrogens with zero attached hydrogens (tertiary/aromatic N) is 3. The maximum absolute atomic E-state index is 13.0. The summed E-state index contributed by atoms with van der Waals surface area (Å²) in [4.78, 5) is 14.8. The van der Waals surface area contributed by atoms with Crippen molar-refractivity contribution < 1.29 is 16.1 Å². The van der Waals surface area contributed by atoms with Gasteiger partial charge in [-0.3, -0.25) is 9.36 Å². The minimum atomic E-state index is -0.564. The Hall–Kier alpha value is -3.72. The van der Waals surface area contributed by atoms with Gasteiger partial charge in [0.15, 0.2) is 5.60 Å². The van der Waals surface area contributed by atoms with Gasteiger partial charge in [0.25, 0.3) is 5.91 Å². The lowest BCUT2D eigenvalue weighted by Crippen LogP contribution is -2.50. The normalized spacial score (nSPS) is 16.3. The third-order valence-corrected chi connectivity index (χ3v) is 6.18. The number of fused-ring (bicyclic) bond motifs is 4. The molecular weight excluding hydrogens is 378 g/mol. The number of aromatic hydroxyl groups is 1. The zero-order valence-electron chi connectivity index (χ0n) is 16.6. The molecule has 2 aliphatic rings. The molecule has 0 saturated carbocycles. The first-order chi connectivity index (χ1) is 14.5. The zero-order valence-corrected chi connectivity index (χ0v) is 16.6. The second-order valence-electron chi connectivity index (χ2n) is 7.91. The predicted molar refractivity (Wildman–Crippen MR) is 113 cm³/mol. The average molecular weight is 401 g/mol. The summed E-state index contributed by atoms with van der Waals surface area (Å²) >= 11 is 0. The zero-order chi connectivity index (χ0) is 20.9. The molecule has 0 radical (unpaired) electrons. The molecule has 6 heteroatoms. The molecule has 3 heterocycles. The lowest BCUT2D eigenvalue weighted by molar-refractivity contribution is -0.00937. The van der Waals surface area contributed by atoms with Gasteiger partial charge in [-0.1, -0.05) is 12.1 Å². The van der Waals surface area contributed by atoms with Crippen molar-refractivity contribution in [2.24, 2.45) is 0 Å². The van der Waals surface area contributed by atoms with E-state index >= 15 is 0 Å². The summed E-state index contributed by atoms with van der Waals surface area (Å²) in [6.45, 7) is 2.88. The van der Waals surface area contributed by atoms with Crippen molar-refractivity contribution in [2.45, 2.75) is 25.4 Å². The Morgan fingerprint density at radius 3 is 2.67 bits per heavy atom. The van der Waals surface area contributed by atoms with Crippen LogP contribution in [-0.2, 0) is 5.60 Å². The molecule has 0 bridgehead atoms. The number of ether oxygens (including phenoxy) is 1. The molecule has 0 aliphatic carbocycles. The Bertz CT molecular complexity index is 1200. The molecule has 3 aromatic rings. The van der Waals surface area contributed by atoms with Gasteiger partial charge in [-0.15, -0.1) is 0 Å². The van der Waals surface area contributed by atoms with E-state index < -0.39 is 5.60 Å². The van der Waals surface area contributed by atoms with Crippen LogP contribution in [-0.4, -0.2) is 33.6 Å². The summed E-state index contributed by atoms with van der Waals surface area (Å²) < 4.78 is 8.50. The van der Waals surface area contributed by atoms with E-state index in [0.717, 1.165) is 17.1 Å². The van der Waals surface area contributed by atoms with Crippen LogP contribution in [0, 0.1) is 18.3 Å². The van der Waals surface area contributed by atoms with Crippen LogP contribution in [0.25, 0.3) is 5.69 Å². The van der Waals surface area contributed by atoms with E-state index in [-0.39, 0.29) is 13.1 Å². The Labute approximate surface area is 176 Å². The van der Waals surface area contributed by atoms with E-state index in [4.69, 9.17) is 4.74 Å². The van der Waals surface area contributed by atoms with E-state index in [0.29, 0.717) is 42.8 Å². The minimum Gasteiger partial charge on any atom is -0.508 e. The van der Waals surface area contributed by atoms with Crippen LogP contribution in [0.4, 0.5) is 0 Å². The summed E-state index contributed by atoms with van der Waals surface area (Å²) in [5.74, 6) is 0.899. The van der Waals surface area contributed by atoms with Gasteiger partial charge in [-0.05, 0) is 55.0 Å². The number of rotatable bonds is 1. The number of para-hydroxylation sites is 2. The van der Waals surface area contributed by atoms with E-state index in [2.05, 4.69) is 6.07 Å². The number of aromatic nitrogens is 1. The first kappa shape index (κ1) is 18.3. The molecule has 1 saturated heterocycles. The van der Waals surface area contributed by atoms with Gasteiger partial charge >= 0.3 is 0 Å². The van der Waals surface area contributed by atoms with Crippen LogP contribution in [0.5, 0.6) is 11.5 Å². The molecular formula is C24H23N3O3. The summed E-state index contributed by atoms with van der Waals surface area (Å²) in [7, 11) is 0. The molecule has 0 unspecified atom stereocenters. The highest BCUT2D eigenvalue weighted by atomic mass is 16.5. The fraction of sp³-hybridized carbons (Fsp3) is 0.250. The number of carbonyl (C=O) groups excluding carboxylic acids is 1. The number of phenols is 1. The molecule has 2 aromatic carbocycles. The monoisotopic (exact) mass is 401 g/mol. The number of hydrogen-bond donors (Lipinski definition) is 1. The lowest BCUT2D eigenvalue weighted by atomic mass is 9.86. The second kappa shape index (κ2) is 6.67. The number of phenolic OH excluding ortho intramolecular Hbond substituents is 1. The number of aryl methyl sites for hydroxylation is 1. The van der Waals surface area contributed by atoms with Crippen molar-refractivity contribution in [1.29, 1.82) is 5.26 Å². The minimum absolute atomic E-state index is 0. The molecule has 5 rings (SSSR count). The van der Waals surface area contributed by atoms with Crippen LogP contribution >= 0.6 is 0 Å². The smallest absolute Gasteiger partial charge is 0.253 e. The average Bonchev–Trinajstić information content (AvgIpc) is 3.21. The lowest BCUT2D eigenvalue weighted by Gasteiger charge is -2.45. The van der Waals surface area contributed by atoms with Crippen molar-refractivity contribution in [3.8, 4) is 23.3 Å². The molecule has 1 aromatic heterocycles. The predicted octanol–water partition coefficient (Wildman–Crippen LogP) is 4.13. The summed E-state index contributed by atoms with van der Waals surface area (Å²) in [5.41, 5.74) is 3.11. The van der Waals surface area contributed by atoms with Gasteiger partial charge < -0.3 is 14.7 Å². The maximum Gasteiger partial charge on any atom is 0.253 e. The van der Waals surface area contributed by atoms with E-state index in [1.54, 1.807) is 25.1 Å². The second-order valence-corrected chi connectivity index (χ2v) is 7.91. The number of benzene rings is 2. The number of amides is 1. The van der Waals surface area contributed by atoms with Crippen LogP contribution in [0.15, 0.2) is 54.6 Å². The van der Waals surface area contributed by atoms with Crippen molar-refractivity contribution in [1.82, 2.24) is 9.47 Å². The molecule has 2 aliphatic heterocycles. The molecule has 152 valence electrons. The largest absolute Gasteiger partial charge is 0.508 e. The summed E-state index contributed by atoms with van der Waals surface area (Å²) in [5, 5.41) is 19.3. The standard InChI is InChI=1S/C24H21N3O3.H2/c1-16-14-17(6-8-20(16)28)23(29)26-12-10-24(11-13-26)22-9-7-18(15-25)27(22)19-4-2-3-5-21(19)30-24;/h2-9,14,28H,10-13H2,1H3;1H. The van der Waals surface area contributed by atoms with Crippen molar-refractivity contribution >= 4 is 5.91 Å². The van der Waals surface area contributed by atoms with Crippen molar-refractivity contribution in [2.75, 3.05) is 13.1 Å². The molecule has 1 N–H and O–H groups in total. The van der Waals surface area contributed by atoms with Crippen LogP contribution in [0.1, 0.15) is 41.6 Å². The molecule has 6 nitrogen and oxygen atoms in total. The van der Waals surface area contributed by atoms with Gasteiger partial charge in [0.2, 0.25) is 0 Å². The SMILES string of the molecule is Cc1cc(C(=O)N2CCC3(CC2)Oc2ccccc2-n2c(C#N)ccc23)ccc1O.[HH]. The number of likely N-dealkylation sites (tertiary alicyclic amines) is 1. The molecule has 1 fully saturated rings. The molecule has 30 heavy (non-hydrogen) atoms. The highest BCUT2D eigenvalue weighted by Gasteiger charge is 2.45. The third kappa shape index (κ3) is 2.66. The van der Waals surface area contributed by atoms with Gasteiger partial charge in [0, 0.05) is 32.9 Å². The van der Waals surface area contributed by atoms with Crippen LogP contribution in [0.2, 0.25) is 0 Å². The van der Waals surface area contributed by atoms with Crippen LogP contribution < -0.4 is 4.74 Å². The van der Waals surface area contributed by atoms with Crippen molar-refractivity contribution in [3.63, 3.8) is 0 Å². The number of nitriles is 1. The number of hydrogen-bond acceptors (Lipinski definition) is 4. The van der Waals surface area contributed by atoms with Gasteiger partial charge in [-0.2, -0.15) is 5.26 Å². The Morgan fingerprint density at radius 1 is 1.17 bits per heavy atom. The fourth-order valence-electron chi connectivity index (χ4n) is 4.53. The Balaban J connectivity index is 0.00000231. The van der Waals surface area contributed by atoms with E-state index in [9.17, 15) is 15.2 Å². The van der Waals surface area contributed by atoms with Crippen molar-refractivity contribution in [3.05, 3.63) is 77.1 Å². The first-order valence-electron chi connectivity index (χ1n) is 10.0. The van der Waals surface area contributed by atoms with Gasteiger partial charge in [0.05, 0.1) is 11.4 Å². The Morgan fingerprint density at radius 2 is 1.93 bits per heavy atom. The molecule has 0 atom stereocenters. The van der Waals surface area contributed by atoms with Gasteiger partial charge in [0.1, 0.15) is 23.3 Å². The topological polar surface area (TPSA) is 78.5 Å². The summed E-state index contributed by atoms with van der Waals surface area (Å²) in [6.07, 6.45) is 1.28. The Kier molecular flexibility index (Phi) is 4.07. The highest BCUT2D eigenvalue weighted by molar-refractivity contribution is 5.94. The summed E-state index contributed by atoms with van der Waals surface area (Å²) in [6, 6.07) is 18.8. The van der Waals surface area contributed by atoms with Gasteiger partial charge in [-0.25, -0.2) is 0 Å². The third-order valence-electron chi connectivity index (χ3n) is 6.18.